The number of fused-ring (bicyclic) bond motifs is 1. The van der Waals surface area contributed by atoms with Crippen LogP contribution < -0.4 is 4.74 Å². The van der Waals surface area contributed by atoms with Gasteiger partial charge in [-0.15, -0.1) is 10.2 Å². The van der Waals surface area contributed by atoms with Gasteiger partial charge in [0.2, 0.25) is 5.88 Å². The summed E-state index contributed by atoms with van der Waals surface area (Å²) in [5, 5.41) is 9.36. The number of pyridine rings is 1. The number of para-hydroxylation sites is 1. The van der Waals surface area contributed by atoms with Crippen molar-refractivity contribution in [2.24, 2.45) is 0 Å². The number of benzene rings is 1. The lowest BCUT2D eigenvalue weighted by Gasteiger charge is -2.13. The molecular formula is C21H17BrN4O3. The Morgan fingerprint density at radius 2 is 1.90 bits per heavy atom. The molecule has 0 fully saturated rings. The minimum atomic E-state index is -0.478. The molecule has 0 aliphatic heterocycles. The zero-order valence-electron chi connectivity index (χ0n) is 15.8. The average Bonchev–Trinajstić information content (AvgIpc) is 3.06. The van der Waals surface area contributed by atoms with Crippen molar-refractivity contribution in [3.8, 4) is 28.4 Å². The number of ether oxygens (including phenoxy) is 2. The number of halogens is 1. The van der Waals surface area contributed by atoms with Gasteiger partial charge in [0.1, 0.15) is 0 Å². The zero-order chi connectivity index (χ0) is 20.4. The number of nitrogens with zero attached hydrogens (tertiary/aromatic N) is 4. The third-order valence-electron chi connectivity index (χ3n) is 4.45. The lowest BCUT2D eigenvalue weighted by Crippen LogP contribution is -2.15. The Hall–Kier alpha value is -3.26. The lowest BCUT2D eigenvalue weighted by atomic mass is 10.1. The maximum Gasteiger partial charge on any atom is 0.419 e. The van der Waals surface area contributed by atoms with Gasteiger partial charge < -0.3 is 9.47 Å². The maximum absolute atomic E-state index is 12.9. The van der Waals surface area contributed by atoms with E-state index in [9.17, 15) is 4.79 Å². The Morgan fingerprint density at radius 1 is 1.14 bits per heavy atom. The highest BCUT2D eigenvalue weighted by molar-refractivity contribution is 9.10. The first-order chi connectivity index (χ1) is 14.2. The molecule has 0 bridgehead atoms. The van der Waals surface area contributed by atoms with Crippen LogP contribution in [0.4, 0.5) is 4.79 Å². The molecule has 29 heavy (non-hydrogen) atoms. The monoisotopic (exact) mass is 452 g/mol. The Kier molecular flexibility index (Phi) is 5.26. The van der Waals surface area contributed by atoms with Crippen molar-refractivity contribution in [3.05, 3.63) is 59.3 Å². The van der Waals surface area contributed by atoms with Crippen LogP contribution >= 0.6 is 15.9 Å². The van der Waals surface area contributed by atoms with Crippen LogP contribution in [0.5, 0.6) is 5.88 Å². The number of methoxy groups -OCH3 is 1. The SMILES string of the molecule is CCOC(=O)n1c(-c2cc(-c3ccncc3)nnc2OC)c(Br)c2ccccc21. The molecule has 1 aromatic carbocycles. The van der Waals surface area contributed by atoms with Gasteiger partial charge in [-0.3, -0.25) is 4.98 Å². The smallest absolute Gasteiger partial charge is 0.419 e. The van der Waals surface area contributed by atoms with E-state index in [1.54, 1.807) is 19.3 Å². The maximum atomic E-state index is 12.9. The molecule has 146 valence electrons. The van der Waals surface area contributed by atoms with Crippen molar-refractivity contribution in [3.63, 3.8) is 0 Å². The quantitative estimate of drug-likeness (QED) is 0.436. The summed E-state index contributed by atoms with van der Waals surface area (Å²) in [6.45, 7) is 2.03. The van der Waals surface area contributed by atoms with Crippen LogP contribution in [0.25, 0.3) is 33.4 Å². The molecule has 3 heterocycles. The molecule has 0 radical (unpaired) electrons. The van der Waals surface area contributed by atoms with Gasteiger partial charge in [0.05, 0.1) is 40.7 Å². The third-order valence-corrected chi connectivity index (χ3v) is 5.25. The van der Waals surface area contributed by atoms with Gasteiger partial charge >= 0.3 is 6.09 Å². The molecule has 0 aliphatic rings. The number of carbonyl (C=O) groups is 1. The molecule has 4 aromatic rings. The van der Waals surface area contributed by atoms with E-state index in [-0.39, 0.29) is 6.61 Å². The van der Waals surface area contributed by atoms with E-state index in [0.29, 0.717) is 22.8 Å². The molecule has 7 nitrogen and oxygen atoms in total. The first kappa shape index (κ1) is 19.1. The van der Waals surface area contributed by atoms with Gasteiger partial charge in [-0.25, -0.2) is 9.36 Å². The van der Waals surface area contributed by atoms with E-state index < -0.39 is 6.09 Å². The van der Waals surface area contributed by atoms with Crippen LogP contribution in [0.3, 0.4) is 0 Å². The standard InChI is InChI=1S/C21H17BrN4O3/c1-3-29-21(27)26-17-7-5-4-6-14(17)18(22)19(26)15-12-16(24-25-20(15)28-2)13-8-10-23-11-9-13/h4-12H,3H2,1-2H3. The van der Waals surface area contributed by atoms with Gasteiger partial charge in [0.15, 0.2) is 0 Å². The Balaban J connectivity index is 2.03. The molecule has 0 saturated carbocycles. The van der Waals surface area contributed by atoms with E-state index in [0.717, 1.165) is 20.9 Å². The topological polar surface area (TPSA) is 79.1 Å². The minimum absolute atomic E-state index is 0.260. The molecule has 8 heteroatoms. The Bertz CT molecular complexity index is 1190. The average molecular weight is 453 g/mol. The Morgan fingerprint density at radius 3 is 2.62 bits per heavy atom. The highest BCUT2D eigenvalue weighted by atomic mass is 79.9. The number of hydrogen-bond acceptors (Lipinski definition) is 6. The third kappa shape index (κ3) is 3.36. The zero-order valence-corrected chi connectivity index (χ0v) is 17.4. The van der Waals surface area contributed by atoms with Gasteiger partial charge in [-0.2, -0.15) is 0 Å². The molecule has 0 atom stereocenters. The minimum Gasteiger partial charge on any atom is -0.479 e. The second kappa shape index (κ2) is 8.00. The molecule has 0 spiro atoms. The van der Waals surface area contributed by atoms with Crippen LogP contribution in [0.1, 0.15) is 6.92 Å². The normalized spacial score (nSPS) is 10.9. The molecule has 3 aromatic heterocycles. The largest absolute Gasteiger partial charge is 0.479 e. The fourth-order valence-electron chi connectivity index (χ4n) is 3.18. The lowest BCUT2D eigenvalue weighted by molar-refractivity contribution is 0.155. The van der Waals surface area contributed by atoms with Gasteiger partial charge in [0, 0.05) is 23.3 Å². The van der Waals surface area contributed by atoms with E-state index in [2.05, 4.69) is 31.1 Å². The van der Waals surface area contributed by atoms with Crippen molar-refractivity contribution in [2.75, 3.05) is 13.7 Å². The van der Waals surface area contributed by atoms with Crippen LogP contribution in [0.15, 0.2) is 59.3 Å². The van der Waals surface area contributed by atoms with E-state index in [1.807, 2.05) is 42.5 Å². The van der Waals surface area contributed by atoms with Crippen LogP contribution in [-0.2, 0) is 4.74 Å². The Labute approximate surface area is 175 Å². The second-order valence-electron chi connectivity index (χ2n) is 6.10. The second-order valence-corrected chi connectivity index (χ2v) is 6.90. The first-order valence-corrected chi connectivity index (χ1v) is 9.73. The number of carbonyl (C=O) groups excluding carboxylic acids is 1. The summed E-state index contributed by atoms with van der Waals surface area (Å²) in [5.74, 6) is 0.303. The van der Waals surface area contributed by atoms with Crippen molar-refractivity contribution in [1.29, 1.82) is 0 Å². The summed E-state index contributed by atoms with van der Waals surface area (Å²) in [7, 11) is 1.52. The summed E-state index contributed by atoms with van der Waals surface area (Å²) in [6, 6.07) is 13.1. The molecule has 0 N–H and O–H groups in total. The number of aromatic nitrogens is 4. The number of hydrogen-bond donors (Lipinski definition) is 0. The van der Waals surface area contributed by atoms with Crippen molar-refractivity contribution >= 4 is 32.9 Å². The predicted molar refractivity (Wildman–Crippen MR) is 113 cm³/mol. The summed E-state index contributed by atoms with van der Waals surface area (Å²) >= 11 is 3.66. The summed E-state index contributed by atoms with van der Waals surface area (Å²) in [6.07, 6.45) is 2.90. The van der Waals surface area contributed by atoms with E-state index in [4.69, 9.17) is 9.47 Å². The molecule has 0 aliphatic carbocycles. The van der Waals surface area contributed by atoms with Gasteiger partial charge in [0.25, 0.3) is 0 Å². The van der Waals surface area contributed by atoms with E-state index in [1.165, 1.54) is 11.7 Å². The summed E-state index contributed by atoms with van der Waals surface area (Å²) < 4.78 is 13.1. The molecule has 0 unspecified atom stereocenters. The van der Waals surface area contributed by atoms with Gasteiger partial charge in [-0.05, 0) is 47.1 Å². The van der Waals surface area contributed by atoms with Crippen LogP contribution in [0, 0.1) is 0 Å². The summed E-state index contributed by atoms with van der Waals surface area (Å²) in [4.78, 5) is 16.9. The predicted octanol–water partition coefficient (Wildman–Crippen LogP) is 4.94. The van der Waals surface area contributed by atoms with Crippen molar-refractivity contribution in [2.45, 2.75) is 6.92 Å². The van der Waals surface area contributed by atoms with Crippen molar-refractivity contribution in [1.82, 2.24) is 19.7 Å². The van der Waals surface area contributed by atoms with Crippen molar-refractivity contribution < 1.29 is 14.3 Å². The fraction of sp³-hybridized carbons (Fsp3) is 0.143. The summed E-state index contributed by atoms with van der Waals surface area (Å²) in [5.41, 5.74) is 3.41. The van der Waals surface area contributed by atoms with Gasteiger partial charge in [-0.1, -0.05) is 18.2 Å². The highest BCUT2D eigenvalue weighted by Gasteiger charge is 2.25. The number of rotatable bonds is 4. The fourth-order valence-corrected chi connectivity index (χ4v) is 3.91. The van der Waals surface area contributed by atoms with Crippen LogP contribution in [0.2, 0.25) is 0 Å². The highest BCUT2D eigenvalue weighted by Crippen LogP contribution is 2.41. The van der Waals surface area contributed by atoms with Crippen LogP contribution in [-0.4, -0.2) is 39.6 Å². The molecule has 0 amide bonds. The molecular weight excluding hydrogens is 436 g/mol. The first-order valence-electron chi connectivity index (χ1n) is 8.94. The van der Waals surface area contributed by atoms with E-state index >= 15 is 0 Å². The molecule has 4 rings (SSSR count). The molecule has 0 saturated heterocycles.